The first-order chi connectivity index (χ1) is 10.7. The number of rotatable bonds is 5. The van der Waals surface area contributed by atoms with Gasteiger partial charge in [-0.25, -0.2) is 0 Å². The van der Waals surface area contributed by atoms with Gasteiger partial charge in [-0.2, -0.15) is 0 Å². The van der Waals surface area contributed by atoms with Gasteiger partial charge >= 0.3 is 0 Å². The zero-order valence-electron chi connectivity index (χ0n) is 13.4. The molecule has 0 aliphatic heterocycles. The predicted molar refractivity (Wildman–Crippen MR) is 92.8 cm³/mol. The Hall–Kier alpha value is -0.740. The molecule has 0 bridgehead atoms. The summed E-state index contributed by atoms with van der Waals surface area (Å²) >= 11 is 3.63. The molecule has 3 nitrogen and oxygen atoms in total. The Balaban J connectivity index is 2.04. The number of nitrogens with two attached hydrogens (primary N) is 1. The monoisotopic (exact) mass is 367 g/mol. The highest BCUT2D eigenvalue weighted by atomic mass is 79.9. The Morgan fingerprint density at radius 1 is 1.18 bits per heavy atom. The van der Waals surface area contributed by atoms with Crippen LogP contribution >= 0.6 is 15.9 Å². The van der Waals surface area contributed by atoms with Gasteiger partial charge in [-0.15, -0.1) is 0 Å². The van der Waals surface area contributed by atoms with Gasteiger partial charge in [0.1, 0.15) is 0 Å². The molecule has 122 valence electrons. The minimum Gasteiger partial charge on any atom is -0.493 e. The molecule has 0 amide bonds. The standard InChI is InChI=1S/C18H26BrNO2/c1-21-16-11-13(19)10-15(17(16)22-14-6-5-7-14)18(12-20)8-3-2-4-9-18/h10-11,14H,2-9,12,20H2,1H3. The minimum absolute atomic E-state index is 0.0361. The summed E-state index contributed by atoms with van der Waals surface area (Å²) in [7, 11) is 1.72. The number of hydrogen-bond acceptors (Lipinski definition) is 3. The Kier molecular flexibility index (Phi) is 4.98. The molecule has 2 N–H and O–H groups in total. The second kappa shape index (κ2) is 6.79. The van der Waals surface area contributed by atoms with Crippen molar-refractivity contribution >= 4 is 15.9 Å². The third kappa shape index (κ3) is 3.00. The third-order valence-corrected chi connectivity index (χ3v) is 5.81. The maximum absolute atomic E-state index is 6.34. The van der Waals surface area contributed by atoms with Gasteiger partial charge in [0.25, 0.3) is 0 Å². The maximum Gasteiger partial charge on any atom is 0.165 e. The van der Waals surface area contributed by atoms with E-state index in [2.05, 4.69) is 22.0 Å². The predicted octanol–water partition coefficient (Wildman–Crippen LogP) is 4.55. The first-order valence-corrected chi connectivity index (χ1v) is 9.22. The average Bonchev–Trinajstić information content (AvgIpc) is 2.51. The van der Waals surface area contributed by atoms with Crippen LogP contribution in [0.5, 0.6) is 11.5 Å². The van der Waals surface area contributed by atoms with Crippen molar-refractivity contribution in [1.82, 2.24) is 0 Å². The van der Waals surface area contributed by atoms with Gasteiger partial charge in [-0.1, -0.05) is 35.2 Å². The molecule has 3 rings (SSSR count). The normalized spacial score (nSPS) is 21.2. The van der Waals surface area contributed by atoms with Gasteiger partial charge in [-0.3, -0.25) is 0 Å². The summed E-state index contributed by atoms with van der Waals surface area (Å²) in [4.78, 5) is 0. The third-order valence-electron chi connectivity index (χ3n) is 5.35. The Labute approximate surface area is 141 Å². The van der Waals surface area contributed by atoms with E-state index in [1.165, 1.54) is 31.2 Å². The van der Waals surface area contributed by atoms with Crippen LogP contribution in [0.4, 0.5) is 0 Å². The molecule has 2 fully saturated rings. The van der Waals surface area contributed by atoms with E-state index < -0.39 is 0 Å². The molecule has 0 spiro atoms. The van der Waals surface area contributed by atoms with Crippen LogP contribution in [0.1, 0.15) is 56.9 Å². The van der Waals surface area contributed by atoms with Crippen LogP contribution in [-0.4, -0.2) is 19.8 Å². The first-order valence-electron chi connectivity index (χ1n) is 8.43. The molecule has 0 unspecified atom stereocenters. The quantitative estimate of drug-likeness (QED) is 0.829. The molecule has 2 aliphatic rings. The molecule has 22 heavy (non-hydrogen) atoms. The van der Waals surface area contributed by atoms with E-state index in [0.717, 1.165) is 41.7 Å². The largest absolute Gasteiger partial charge is 0.493 e. The molecule has 0 radical (unpaired) electrons. The molecule has 2 aliphatic carbocycles. The molecular weight excluding hydrogens is 342 g/mol. The minimum atomic E-state index is 0.0361. The van der Waals surface area contributed by atoms with Crippen molar-refractivity contribution in [2.75, 3.05) is 13.7 Å². The second-order valence-corrected chi connectivity index (χ2v) is 7.62. The molecule has 1 aromatic carbocycles. The van der Waals surface area contributed by atoms with Crippen LogP contribution in [0, 0.1) is 0 Å². The van der Waals surface area contributed by atoms with E-state index in [1.54, 1.807) is 7.11 Å². The number of halogens is 1. The van der Waals surface area contributed by atoms with E-state index in [9.17, 15) is 0 Å². The number of methoxy groups -OCH3 is 1. The summed E-state index contributed by atoms with van der Waals surface area (Å²) in [6, 6.07) is 4.21. The van der Waals surface area contributed by atoms with Crippen molar-refractivity contribution in [3.05, 3.63) is 22.2 Å². The van der Waals surface area contributed by atoms with E-state index in [4.69, 9.17) is 15.2 Å². The van der Waals surface area contributed by atoms with E-state index in [1.807, 2.05) is 6.07 Å². The lowest BCUT2D eigenvalue weighted by molar-refractivity contribution is 0.111. The Morgan fingerprint density at radius 3 is 2.45 bits per heavy atom. The highest BCUT2D eigenvalue weighted by Gasteiger charge is 2.37. The van der Waals surface area contributed by atoms with E-state index >= 15 is 0 Å². The number of hydrogen-bond donors (Lipinski definition) is 1. The zero-order valence-corrected chi connectivity index (χ0v) is 15.0. The van der Waals surface area contributed by atoms with Crippen molar-refractivity contribution in [2.24, 2.45) is 5.73 Å². The van der Waals surface area contributed by atoms with Crippen molar-refractivity contribution in [3.8, 4) is 11.5 Å². The van der Waals surface area contributed by atoms with Crippen molar-refractivity contribution < 1.29 is 9.47 Å². The Morgan fingerprint density at radius 2 is 1.91 bits per heavy atom. The van der Waals surface area contributed by atoms with Crippen molar-refractivity contribution in [3.63, 3.8) is 0 Å². The smallest absolute Gasteiger partial charge is 0.165 e. The molecule has 1 aromatic rings. The lowest BCUT2D eigenvalue weighted by Crippen LogP contribution is -2.38. The molecule has 0 saturated heterocycles. The Bertz CT molecular complexity index is 522. The summed E-state index contributed by atoms with van der Waals surface area (Å²) in [5.74, 6) is 1.76. The summed E-state index contributed by atoms with van der Waals surface area (Å²) in [6.45, 7) is 0.674. The van der Waals surface area contributed by atoms with Gasteiger partial charge in [0.05, 0.1) is 13.2 Å². The molecule has 0 heterocycles. The van der Waals surface area contributed by atoms with Crippen LogP contribution in [0.25, 0.3) is 0 Å². The molecule has 2 saturated carbocycles. The average molecular weight is 368 g/mol. The maximum atomic E-state index is 6.34. The first kappa shape index (κ1) is 16.1. The van der Waals surface area contributed by atoms with Gasteiger partial charge < -0.3 is 15.2 Å². The molecule has 0 aromatic heterocycles. The molecule has 0 atom stereocenters. The second-order valence-electron chi connectivity index (χ2n) is 6.70. The number of benzene rings is 1. The fourth-order valence-electron chi connectivity index (χ4n) is 3.70. The van der Waals surface area contributed by atoms with E-state index in [-0.39, 0.29) is 5.41 Å². The van der Waals surface area contributed by atoms with E-state index in [0.29, 0.717) is 12.6 Å². The lowest BCUT2D eigenvalue weighted by atomic mass is 9.69. The van der Waals surface area contributed by atoms with Gasteiger partial charge in [0.2, 0.25) is 0 Å². The number of ether oxygens (including phenoxy) is 2. The topological polar surface area (TPSA) is 44.5 Å². The van der Waals surface area contributed by atoms with Crippen LogP contribution < -0.4 is 15.2 Å². The molecule has 4 heteroatoms. The van der Waals surface area contributed by atoms with Gasteiger partial charge in [-0.05, 0) is 44.2 Å². The van der Waals surface area contributed by atoms with Gasteiger partial charge in [0.15, 0.2) is 11.5 Å². The summed E-state index contributed by atoms with van der Waals surface area (Å²) in [5, 5.41) is 0. The van der Waals surface area contributed by atoms with Gasteiger partial charge in [0, 0.05) is 22.0 Å². The van der Waals surface area contributed by atoms with Crippen molar-refractivity contribution in [2.45, 2.75) is 62.9 Å². The fraction of sp³-hybridized carbons (Fsp3) is 0.667. The SMILES string of the molecule is COc1cc(Br)cc(C2(CN)CCCCC2)c1OC1CCC1. The highest BCUT2D eigenvalue weighted by molar-refractivity contribution is 9.10. The summed E-state index contributed by atoms with van der Waals surface area (Å²) < 4.78 is 13.0. The highest BCUT2D eigenvalue weighted by Crippen LogP contribution is 2.48. The van der Waals surface area contributed by atoms with Crippen LogP contribution in [0.2, 0.25) is 0 Å². The summed E-state index contributed by atoms with van der Waals surface area (Å²) in [5.41, 5.74) is 7.53. The van der Waals surface area contributed by atoms with Crippen molar-refractivity contribution in [1.29, 1.82) is 0 Å². The van der Waals surface area contributed by atoms with Crippen LogP contribution in [0.15, 0.2) is 16.6 Å². The fourth-order valence-corrected chi connectivity index (χ4v) is 4.14. The zero-order chi connectivity index (χ0) is 15.6. The van der Waals surface area contributed by atoms with Crippen LogP contribution in [0.3, 0.4) is 0 Å². The summed E-state index contributed by atoms with van der Waals surface area (Å²) in [6.07, 6.45) is 9.99. The van der Waals surface area contributed by atoms with Crippen LogP contribution in [-0.2, 0) is 5.41 Å². The lowest BCUT2D eigenvalue weighted by Gasteiger charge is -2.39. The molecular formula is C18H26BrNO2.